The molecular weight excluding hydrogens is 388 g/mol. The lowest BCUT2D eigenvalue weighted by molar-refractivity contribution is 0.482. The first-order valence-corrected chi connectivity index (χ1v) is 11.0. The number of rotatable bonds is 3. The van der Waals surface area contributed by atoms with Gasteiger partial charge in [0.1, 0.15) is 11.6 Å². The maximum atomic E-state index is 9.79. The van der Waals surface area contributed by atoms with Crippen LogP contribution in [0.25, 0.3) is 33.5 Å². The summed E-state index contributed by atoms with van der Waals surface area (Å²) in [5.41, 5.74) is 6.66. The van der Waals surface area contributed by atoms with Gasteiger partial charge in [-0.05, 0) is 32.4 Å². The zero-order valence-corrected chi connectivity index (χ0v) is 18.2. The van der Waals surface area contributed by atoms with Crippen LogP contribution >= 0.6 is 0 Å². The van der Waals surface area contributed by atoms with Crippen molar-refractivity contribution in [3.63, 3.8) is 0 Å². The monoisotopic (exact) mass is 414 g/mol. The van der Waals surface area contributed by atoms with Crippen LogP contribution in [0.5, 0.6) is 0 Å². The van der Waals surface area contributed by atoms with Crippen molar-refractivity contribution in [3.8, 4) is 11.4 Å². The van der Waals surface area contributed by atoms with Gasteiger partial charge >= 0.3 is 0 Å². The second kappa shape index (κ2) is 7.96. The van der Waals surface area contributed by atoms with Crippen LogP contribution in [0.1, 0.15) is 24.7 Å². The van der Waals surface area contributed by atoms with Crippen LogP contribution in [0.2, 0.25) is 0 Å². The van der Waals surface area contributed by atoms with E-state index < -0.39 is 10.1 Å². The van der Waals surface area contributed by atoms with Crippen molar-refractivity contribution in [1.82, 2.24) is 19.1 Å². The lowest BCUT2D eigenvalue weighted by Gasteiger charge is -2.02. The van der Waals surface area contributed by atoms with Crippen LogP contribution in [0, 0.1) is 13.8 Å². The molecule has 2 heterocycles. The topological polar surface area (TPSA) is 90.0 Å². The Morgan fingerprint density at radius 3 is 2.00 bits per heavy atom. The predicted molar refractivity (Wildman–Crippen MR) is 117 cm³/mol. The Labute approximate surface area is 170 Å². The molecule has 0 fully saturated rings. The number of fused-ring (bicyclic) bond motifs is 2. The van der Waals surface area contributed by atoms with E-state index in [2.05, 4.69) is 64.5 Å². The zero-order valence-electron chi connectivity index (χ0n) is 17.3. The largest absolute Gasteiger partial charge is 0.331 e. The minimum absolute atomic E-state index is 0.132. The number of nitrogens with zero attached hydrogens (tertiary/aromatic N) is 4. The molecule has 0 radical (unpaired) electrons. The zero-order chi connectivity index (χ0) is 21.3. The molecule has 1 N–H and O–H groups in total. The van der Waals surface area contributed by atoms with E-state index in [1.54, 1.807) is 6.92 Å². The molecule has 0 amide bonds. The van der Waals surface area contributed by atoms with Gasteiger partial charge in [0.2, 0.25) is 0 Å². The van der Waals surface area contributed by atoms with Crippen LogP contribution in [-0.4, -0.2) is 37.8 Å². The summed E-state index contributed by atoms with van der Waals surface area (Å²) in [6.45, 7) is 5.81. The molecule has 0 unspecified atom stereocenters. The normalized spacial score (nSPS) is 11.7. The molecule has 0 saturated carbocycles. The summed E-state index contributed by atoms with van der Waals surface area (Å²) >= 11 is 0. The number of hydrogen-bond donors (Lipinski definition) is 1. The number of benzene rings is 2. The van der Waals surface area contributed by atoms with Crippen molar-refractivity contribution in [1.29, 1.82) is 0 Å². The lowest BCUT2D eigenvalue weighted by Crippen LogP contribution is -2.01. The van der Waals surface area contributed by atoms with Crippen molar-refractivity contribution >= 4 is 32.2 Å². The predicted octanol–water partition coefficient (Wildman–Crippen LogP) is 4.03. The summed E-state index contributed by atoms with van der Waals surface area (Å²) in [5, 5.41) is 0. The van der Waals surface area contributed by atoms with E-state index in [0.29, 0.717) is 6.42 Å². The Hall–Kier alpha value is -2.71. The van der Waals surface area contributed by atoms with Crippen LogP contribution in [-0.2, 0) is 24.2 Å². The summed E-state index contributed by atoms with van der Waals surface area (Å²) in [5.74, 6) is 1.87. The SMILES string of the molecule is CCCS(=O)(=O)O.Cc1ccc(-c2nc3cc4c(cc3n2C)nc(C)n4C)cc1. The summed E-state index contributed by atoms with van der Waals surface area (Å²) in [7, 11) is 0.429. The van der Waals surface area contributed by atoms with Gasteiger partial charge in [0.15, 0.2) is 0 Å². The Morgan fingerprint density at radius 2 is 1.48 bits per heavy atom. The molecule has 154 valence electrons. The Balaban J connectivity index is 0.000000298. The first-order chi connectivity index (χ1) is 13.6. The molecule has 0 saturated heterocycles. The molecule has 2 aromatic carbocycles. The molecule has 2 aromatic heterocycles. The molecule has 0 bridgehead atoms. The van der Waals surface area contributed by atoms with E-state index in [1.165, 1.54) is 5.56 Å². The molecule has 0 aliphatic carbocycles. The quantitative estimate of drug-likeness (QED) is 0.511. The molecule has 0 atom stereocenters. The molecular formula is C21H26N4O3S. The minimum atomic E-state index is -3.67. The highest BCUT2D eigenvalue weighted by atomic mass is 32.2. The van der Waals surface area contributed by atoms with Crippen LogP contribution in [0.15, 0.2) is 36.4 Å². The highest BCUT2D eigenvalue weighted by Crippen LogP contribution is 2.27. The third-order valence-electron chi connectivity index (χ3n) is 4.88. The summed E-state index contributed by atoms with van der Waals surface area (Å²) < 4.78 is 31.8. The first kappa shape index (κ1) is 21.0. The summed E-state index contributed by atoms with van der Waals surface area (Å²) in [6.07, 6.45) is 0.471. The van der Waals surface area contributed by atoms with Gasteiger partial charge < -0.3 is 9.13 Å². The van der Waals surface area contributed by atoms with Crippen molar-refractivity contribution in [3.05, 3.63) is 47.8 Å². The lowest BCUT2D eigenvalue weighted by atomic mass is 10.1. The second-order valence-corrected chi connectivity index (χ2v) is 8.77. The smallest absolute Gasteiger partial charge is 0.264 e. The van der Waals surface area contributed by atoms with Crippen LogP contribution < -0.4 is 0 Å². The molecule has 29 heavy (non-hydrogen) atoms. The van der Waals surface area contributed by atoms with E-state index in [9.17, 15) is 8.42 Å². The number of imidazole rings is 2. The molecule has 0 aliphatic rings. The highest BCUT2D eigenvalue weighted by molar-refractivity contribution is 7.85. The van der Waals surface area contributed by atoms with Crippen molar-refractivity contribution in [2.45, 2.75) is 27.2 Å². The van der Waals surface area contributed by atoms with Crippen LogP contribution in [0.4, 0.5) is 0 Å². The van der Waals surface area contributed by atoms with Crippen molar-refractivity contribution in [2.24, 2.45) is 14.1 Å². The van der Waals surface area contributed by atoms with E-state index >= 15 is 0 Å². The highest BCUT2D eigenvalue weighted by Gasteiger charge is 2.13. The molecule has 8 heteroatoms. The average Bonchev–Trinajstić information content (AvgIpc) is 3.11. The summed E-state index contributed by atoms with van der Waals surface area (Å²) in [6, 6.07) is 12.7. The number of hydrogen-bond acceptors (Lipinski definition) is 4. The van der Waals surface area contributed by atoms with Crippen molar-refractivity contribution in [2.75, 3.05) is 5.75 Å². The van der Waals surface area contributed by atoms with Gasteiger partial charge in [-0.2, -0.15) is 8.42 Å². The fourth-order valence-electron chi connectivity index (χ4n) is 3.22. The van der Waals surface area contributed by atoms with Gasteiger partial charge in [-0.25, -0.2) is 9.97 Å². The van der Waals surface area contributed by atoms with Gasteiger partial charge in [0, 0.05) is 19.7 Å². The Morgan fingerprint density at radius 1 is 0.931 bits per heavy atom. The molecule has 7 nitrogen and oxygen atoms in total. The van der Waals surface area contributed by atoms with E-state index in [1.807, 2.05) is 14.0 Å². The van der Waals surface area contributed by atoms with Gasteiger partial charge in [0.05, 0.1) is 27.8 Å². The molecule has 4 aromatic rings. The number of aryl methyl sites for hydroxylation is 4. The molecule has 0 aliphatic heterocycles. The first-order valence-electron chi connectivity index (χ1n) is 9.42. The van der Waals surface area contributed by atoms with Gasteiger partial charge in [0.25, 0.3) is 10.1 Å². The van der Waals surface area contributed by atoms with Crippen LogP contribution in [0.3, 0.4) is 0 Å². The number of aromatic nitrogens is 4. The molecule has 4 rings (SSSR count). The van der Waals surface area contributed by atoms with Gasteiger partial charge in [-0.3, -0.25) is 4.55 Å². The van der Waals surface area contributed by atoms with Gasteiger partial charge in [-0.1, -0.05) is 36.8 Å². The maximum absolute atomic E-state index is 9.79. The third-order valence-corrected chi connectivity index (χ3v) is 5.80. The standard InChI is InChI=1S/C18H18N4.C3H8O3S/c1-11-5-7-13(8-6-11)18-20-15-10-16-14(9-17(15)22(18)4)19-12(2)21(16)3;1-2-3-7(4,5)6/h5-10H,1-4H3;2-3H2,1H3,(H,4,5,6). The van der Waals surface area contributed by atoms with Gasteiger partial charge in [-0.15, -0.1) is 0 Å². The Bertz CT molecular complexity index is 1270. The van der Waals surface area contributed by atoms with E-state index in [0.717, 1.165) is 39.3 Å². The maximum Gasteiger partial charge on any atom is 0.264 e. The molecule has 0 spiro atoms. The fraction of sp³-hybridized carbons (Fsp3) is 0.333. The third kappa shape index (κ3) is 4.49. The van der Waals surface area contributed by atoms with E-state index in [-0.39, 0.29) is 5.75 Å². The fourth-order valence-corrected chi connectivity index (χ4v) is 3.73. The summed E-state index contributed by atoms with van der Waals surface area (Å²) in [4.78, 5) is 9.45. The minimum Gasteiger partial charge on any atom is -0.331 e. The van der Waals surface area contributed by atoms with Crippen molar-refractivity contribution < 1.29 is 13.0 Å². The average molecular weight is 415 g/mol. The second-order valence-electron chi connectivity index (χ2n) is 7.19. The Kier molecular flexibility index (Phi) is 5.77. The van der Waals surface area contributed by atoms with E-state index in [4.69, 9.17) is 9.54 Å².